The minimum Gasteiger partial charge on any atom is -0.488 e. The van der Waals surface area contributed by atoms with E-state index >= 15 is 0 Å². The standard InChI is InChI=1S/C25H25N3O5S/c1-13-17(23(25(31)32)28-22(13)21(14(2)29)24(28)30)12-33-19-8-4-5-15-16(19)6-3-7-18(15)27-11-20-26-9-10-34-20/h3-10,13-14,21-22,27,29H,11-12H2,1-2H3,(H,31,32)/t13-,14+,21+,22?/m0/s1. The maximum atomic E-state index is 12.5. The Bertz CT molecular complexity index is 1290. The molecule has 1 fully saturated rings. The van der Waals surface area contributed by atoms with Crippen LogP contribution in [-0.2, 0) is 16.1 Å². The summed E-state index contributed by atoms with van der Waals surface area (Å²) < 4.78 is 6.16. The van der Waals surface area contributed by atoms with Gasteiger partial charge in [0.1, 0.15) is 23.1 Å². The van der Waals surface area contributed by atoms with Crippen LogP contribution in [0.15, 0.2) is 59.2 Å². The number of hydrogen-bond acceptors (Lipinski definition) is 7. The average molecular weight is 480 g/mol. The van der Waals surface area contributed by atoms with Crippen LogP contribution >= 0.6 is 11.3 Å². The number of carboxylic acid groups (broad SMARTS) is 1. The van der Waals surface area contributed by atoms with E-state index in [9.17, 15) is 19.8 Å². The van der Waals surface area contributed by atoms with Crippen molar-refractivity contribution in [2.24, 2.45) is 11.8 Å². The number of aromatic nitrogens is 1. The fourth-order valence-corrected chi connectivity index (χ4v) is 5.62. The molecule has 3 N–H and O–H groups in total. The molecule has 0 saturated carbocycles. The van der Waals surface area contributed by atoms with E-state index in [4.69, 9.17) is 4.74 Å². The van der Waals surface area contributed by atoms with Gasteiger partial charge in [0.2, 0.25) is 5.91 Å². The molecule has 4 atom stereocenters. The maximum Gasteiger partial charge on any atom is 0.352 e. The molecule has 0 aliphatic carbocycles. The summed E-state index contributed by atoms with van der Waals surface area (Å²) in [5.41, 5.74) is 1.49. The lowest BCUT2D eigenvalue weighted by Crippen LogP contribution is -2.63. The number of aliphatic hydroxyl groups is 1. The van der Waals surface area contributed by atoms with Gasteiger partial charge < -0.3 is 25.2 Å². The van der Waals surface area contributed by atoms with Crippen LogP contribution in [0.1, 0.15) is 18.9 Å². The van der Waals surface area contributed by atoms with Gasteiger partial charge in [-0.05, 0) is 19.1 Å². The quantitative estimate of drug-likeness (QED) is 0.424. The van der Waals surface area contributed by atoms with E-state index < -0.39 is 18.0 Å². The number of benzene rings is 2. The number of hydrogen-bond donors (Lipinski definition) is 3. The zero-order valence-electron chi connectivity index (χ0n) is 18.8. The monoisotopic (exact) mass is 479 g/mol. The molecule has 3 aromatic rings. The van der Waals surface area contributed by atoms with Gasteiger partial charge in [-0.1, -0.05) is 31.2 Å². The lowest BCUT2D eigenvalue weighted by atomic mass is 9.78. The molecule has 2 aliphatic rings. The number of carbonyl (C=O) groups excluding carboxylic acids is 1. The van der Waals surface area contributed by atoms with E-state index in [0.29, 0.717) is 17.9 Å². The molecule has 34 heavy (non-hydrogen) atoms. The van der Waals surface area contributed by atoms with Gasteiger partial charge in [0.05, 0.1) is 24.6 Å². The third kappa shape index (κ3) is 3.61. The molecule has 1 aromatic heterocycles. The number of fused-ring (bicyclic) bond motifs is 2. The van der Waals surface area contributed by atoms with Crippen LogP contribution in [0.25, 0.3) is 10.8 Å². The summed E-state index contributed by atoms with van der Waals surface area (Å²) in [5.74, 6) is -1.69. The zero-order valence-corrected chi connectivity index (χ0v) is 19.6. The molecule has 8 nitrogen and oxygen atoms in total. The van der Waals surface area contributed by atoms with E-state index in [1.165, 1.54) is 4.90 Å². The summed E-state index contributed by atoms with van der Waals surface area (Å²) in [5, 5.41) is 28.1. The molecule has 1 saturated heterocycles. The number of amides is 1. The summed E-state index contributed by atoms with van der Waals surface area (Å²) in [6, 6.07) is 11.3. The van der Waals surface area contributed by atoms with Gasteiger partial charge in [0, 0.05) is 39.5 Å². The first-order valence-electron chi connectivity index (χ1n) is 11.1. The fourth-order valence-electron chi connectivity index (χ4n) is 5.06. The first kappa shape index (κ1) is 22.4. The minimum atomic E-state index is -1.16. The number of rotatable bonds is 8. The summed E-state index contributed by atoms with van der Waals surface area (Å²) >= 11 is 1.59. The highest BCUT2D eigenvalue weighted by Gasteiger charge is 2.59. The number of nitrogens with one attached hydrogen (secondary N) is 1. The smallest absolute Gasteiger partial charge is 0.352 e. The molecule has 9 heteroatoms. The topological polar surface area (TPSA) is 112 Å². The van der Waals surface area contributed by atoms with Gasteiger partial charge in [-0.3, -0.25) is 4.79 Å². The van der Waals surface area contributed by atoms with Crippen LogP contribution in [0.5, 0.6) is 5.75 Å². The molecule has 0 bridgehead atoms. The molecular weight excluding hydrogens is 454 g/mol. The van der Waals surface area contributed by atoms with Crippen LogP contribution in [0.3, 0.4) is 0 Å². The third-order valence-corrected chi connectivity index (χ3v) is 7.48. The van der Waals surface area contributed by atoms with Crippen molar-refractivity contribution >= 4 is 39.7 Å². The first-order valence-corrected chi connectivity index (χ1v) is 12.0. The van der Waals surface area contributed by atoms with Crippen molar-refractivity contribution in [2.45, 2.75) is 32.5 Å². The van der Waals surface area contributed by atoms with Crippen LogP contribution in [-0.4, -0.2) is 50.7 Å². The average Bonchev–Trinajstić information content (AvgIpc) is 3.41. The largest absolute Gasteiger partial charge is 0.488 e. The van der Waals surface area contributed by atoms with Crippen molar-refractivity contribution in [3.05, 3.63) is 64.3 Å². The molecule has 1 unspecified atom stereocenters. The number of β-lactam (4-membered cyclic amide) rings is 1. The molecule has 0 spiro atoms. The summed E-state index contributed by atoms with van der Waals surface area (Å²) in [4.78, 5) is 30.2. The summed E-state index contributed by atoms with van der Waals surface area (Å²) in [7, 11) is 0. The molecule has 1 amide bonds. The van der Waals surface area contributed by atoms with Crippen LogP contribution in [0.2, 0.25) is 0 Å². The van der Waals surface area contributed by atoms with Gasteiger partial charge in [-0.2, -0.15) is 0 Å². The number of ether oxygens (including phenoxy) is 1. The number of thiazole rings is 1. The molecule has 2 aliphatic heterocycles. The Balaban J connectivity index is 1.40. The lowest BCUT2D eigenvalue weighted by Gasteiger charge is -2.46. The molecular formula is C25H25N3O5S. The van der Waals surface area contributed by atoms with E-state index in [1.54, 1.807) is 24.5 Å². The Morgan fingerprint density at radius 2 is 2.03 bits per heavy atom. The van der Waals surface area contributed by atoms with Gasteiger partial charge in [-0.25, -0.2) is 9.78 Å². The number of aliphatic hydroxyl groups excluding tert-OH is 1. The van der Waals surface area contributed by atoms with Crippen molar-refractivity contribution in [1.82, 2.24) is 9.88 Å². The molecule has 0 radical (unpaired) electrons. The normalized spacial score (nSPS) is 22.5. The van der Waals surface area contributed by atoms with Crippen molar-refractivity contribution in [1.29, 1.82) is 0 Å². The van der Waals surface area contributed by atoms with E-state index in [0.717, 1.165) is 21.5 Å². The van der Waals surface area contributed by atoms with Gasteiger partial charge >= 0.3 is 5.97 Å². The Hall–Kier alpha value is -3.43. The molecule has 2 aromatic carbocycles. The molecule has 176 valence electrons. The van der Waals surface area contributed by atoms with E-state index in [2.05, 4.69) is 10.3 Å². The maximum absolute atomic E-state index is 12.5. The first-order chi connectivity index (χ1) is 16.4. The Kier molecular flexibility index (Phi) is 5.75. The van der Waals surface area contributed by atoms with Gasteiger partial charge in [-0.15, -0.1) is 11.3 Å². The lowest BCUT2D eigenvalue weighted by molar-refractivity contribution is -0.163. The second kappa shape index (κ2) is 8.73. The number of nitrogens with zero attached hydrogens (tertiary/aromatic N) is 2. The Labute approximate surface area is 200 Å². The number of carboxylic acids is 1. The van der Waals surface area contributed by atoms with Gasteiger partial charge in [0.15, 0.2) is 0 Å². The van der Waals surface area contributed by atoms with Crippen molar-refractivity contribution in [3.63, 3.8) is 0 Å². The molecule has 5 rings (SSSR count). The van der Waals surface area contributed by atoms with Crippen LogP contribution in [0.4, 0.5) is 5.69 Å². The van der Waals surface area contributed by atoms with Gasteiger partial charge in [0.25, 0.3) is 0 Å². The number of carbonyl (C=O) groups is 2. The summed E-state index contributed by atoms with van der Waals surface area (Å²) in [6.45, 7) is 4.12. The van der Waals surface area contributed by atoms with E-state index in [1.807, 2.05) is 48.7 Å². The van der Waals surface area contributed by atoms with Crippen molar-refractivity contribution < 1.29 is 24.5 Å². The van der Waals surface area contributed by atoms with Crippen molar-refractivity contribution in [2.75, 3.05) is 11.9 Å². The Morgan fingerprint density at radius 1 is 1.26 bits per heavy atom. The highest BCUT2D eigenvalue weighted by molar-refractivity contribution is 7.09. The second-order valence-electron chi connectivity index (χ2n) is 8.66. The number of anilines is 1. The van der Waals surface area contributed by atoms with E-state index in [-0.39, 0.29) is 30.2 Å². The predicted molar refractivity (Wildman–Crippen MR) is 129 cm³/mol. The Morgan fingerprint density at radius 3 is 2.74 bits per heavy atom. The molecule has 3 heterocycles. The third-order valence-electron chi connectivity index (χ3n) is 6.70. The summed E-state index contributed by atoms with van der Waals surface area (Å²) in [6.07, 6.45) is 0.945. The van der Waals surface area contributed by atoms with Crippen LogP contribution in [0, 0.1) is 11.8 Å². The fraction of sp³-hybridized carbons (Fsp3) is 0.320. The van der Waals surface area contributed by atoms with Crippen molar-refractivity contribution in [3.8, 4) is 5.75 Å². The highest BCUT2D eigenvalue weighted by Crippen LogP contribution is 2.47. The zero-order chi connectivity index (χ0) is 24.0. The minimum absolute atomic E-state index is 0.0227. The second-order valence-corrected chi connectivity index (χ2v) is 9.64. The van der Waals surface area contributed by atoms with Crippen LogP contribution < -0.4 is 10.1 Å². The SMILES string of the molecule is C[C@H]1C(COc2cccc3c(NCc4nccs4)cccc23)=C(C(=O)O)N2C(=O)[C@H]([C@@H](C)O)C12. The predicted octanol–water partition coefficient (Wildman–Crippen LogP) is 3.48. The highest BCUT2D eigenvalue weighted by atomic mass is 32.1. The number of aliphatic carboxylic acids is 1.